The number of rotatable bonds is 8. The van der Waals surface area contributed by atoms with Gasteiger partial charge >= 0.3 is 0 Å². The highest BCUT2D eigenvalue weighted by molar-refractivity contribution is 5.93. The molecule has 0 bridgehead atoms. The minimum atomic E-state index is -0.743. The summed E-state index contributed by atoms with van der Waals surface area (Å²) in [5, 5.41) is 0. The minimum Gasteiger partial charge on any atom is -0.493 e. The van der Waals surface area contributed by atoms with Gasteiger partial charge in [-0.15, -0.1) is 0 Å². The normalized spacial score (nSPS) is 11.8. The summed E-state index contributed by atoms with van der Waals surface area (Å²) in [4.78, 5) is 15.8. The molecule has 0 radical (unpaired) electrons. The smallest absolute Gasteiger partial charge is 0.258 e. The number of carbonyl (C=O) groups excluding carboxylic acids is 1. The zero-order chi connectivity index (χ0) is 23.5. The predicted octanol–water partition coefficient (Wildman–Crippen LogP) is 4.44. The van der Waals surface area contributed by atoms with Crippen molar-refractivity contribution < 1.29 is 28.2 Å². The number of benzene rings is 2. The van der Waals surface area contributed by atoms with Gasteiger partial charge in [0.25, 0.3) is 5.91 Å². The molecular formula is C25H24N2O6. The lowest BCUT2D eigenvalue weighted by Gasteiger charge is -2.13. The van der Waals surface area contributed by atoms with E-state index in [1.807, 2.05) is 42.5 Å². The second kappa shape index (κ2) is 9.12. The maximum absolute atomic E-state index is 11.4. The van der Waals surface area contributed by atoms with Gasteiger partial charge in [-0.3, -0.25) is 9.78 Å². The van der Waals surface area contributed by atoms with Crippen molar-refractivity contribution in [2.24, 2.45) is 5.73 Å². The number of methoxy groups -OCH3 is 3. The molecule has 0 aliphatic rings. The second-order valence-corrected chi connectivity index (χ2v) is 7.29. The van der Waals surface area contributed by atoms with Crippen LogP contribution in [0.2, 0.25) is 0 Å². The number of aromatic nitrogens is 1. The average molecular weight is 448 g/mol. The third-order valence-electron chi connectivity index (χ3n) is 5.22. The van der Waals surface area contributed by atoms with Gasteiger partial charge in [0, 0.05) is 23.4 Å². The fourth-order valence-electron chi connectivity index (χ4n) is 3.53. The van der Waals surface area contributed by atoms with Crippen LogP contribution in [0.1, 0.15) is 6.92 Å². The van der Waals surface area contributed by atoms with Gasteiger partial charge in [0.2, 0.25) is 5.75 Å². The minimum absolute atomic E-state index is 0.501. The van der Waals surface area contributed by atoms with Gasteiger partial charge < -0.3 is 29.1 Å². The molecule has 0 spiro atoms. The van der Waals surface area contributed by atoms with Crippen molar-refractivity contribution in [2.45, 2.75) is 13.0 Å². The molecular weight excluding hydrogens is 424 g/mol. The van der Waals surface area contributed by atoms with Crippen LogP contribution in [0, 0.1) is 0 Å². The Bertz CT molecular complexity index is 1290. The van der Waals surface area contributed by atoms with Gasteiger partial charge in [0.05, 0.1) is 21.3 Å². The number of furan rings is 1. The molecule has 170 valence electrons. The van der Waals surface area contributed by atoms with Crippen LogP contribution in [-0.2, 0) is 4.79 Å². The molecule has 0 aliphatic carbocycles. The summed E-state index contributed by atoms with van der Waals surface area (Å²) in [5.74, 6) is 2.13. The van der Waals surface area contributed by atoms with Gasteiger partial charge in [0.15, 0.2) is 23.2 Å². The summed E-state index contributed by atoms with van der Waals surface area (Å²) < 4.78 is 28.2. The van der Waals surface area contributed by atoms with Crippen molar-refractivity contribution in [3.63, 3.8) is 0 Å². The fourth-order valence-corrected chi connectivity index (χ4v) is 3.53. The van der Waals surface area contributed by atoms with Gasteiger partial charge in [-0.25, -0.2) is 0 Å². The highest BCUT2D eigenvalue weighted by Gasteiger charge is 2.18. The van der Waals surface area contributed by atoms with E-state index < -0.39 is 12.0 Å². The number of nitrogens with two attached hydrogens (primary N) is 1. The molecule has 0 fully saturated rings. The van der Waals surface area contributed by atoms with Crippen molar-refractivity contribution >= 4 is 17.0 Å². The zero-order valence-corrected chi connectivity index (χ0v) is 18.7. The summed E-state index contributed by atoms with van der Waals surface area (Å²) >= 11 is 0. The summed E-state index contributed by atoms with van der Waals surface area (Å²) in [5.41, 5.74) is 9.04. The van der Waals surface area contributed by atoms with Crippen molar-refractivity contribution in [3.8, 4) is 45.4 Å². The number of carbonyl (C=O) groups is 1. The van der Waals surface area contributed by atoms with Crippen LogP contribution >= 0.6 is 0 Å². The molecule has 1 amide bonds. The van der Waals surface area contributed by atoms with Crippen molar-refractivity contribution in [3.05, 3.63) is 54.7 Å². The van der Waals surface area contributed by atoms with Gasteiger partial charge in [-0.05, 0) is 42.8 Å². The number of fused-ring (bicyclic) bond motifs is 1. The van der Waals surface area contributed by atoms with E-state index in [2.05, 4.69) is 4.98 Å². The maximum Gasteiger partial charge on any atom is 0.258 e. The van der Waals surface area contributed by atoms with Crippen molar-refractivity contribution in [1.82, 2.24) is 4.98 Å². The standard InChI is InChI=1S/C25H24N2O6/c1-14(25(26)28)32-17-7-5-6-15(10-17)18-8-9-27-19-13-20(33-23(18)19)16-11-21(29-2)24(31-4)22(12-16)30-3/h5-14H,1-4H3,(H2,26,28). The summed E-state index contributed by atoms with van der Waals surface area (Å²) in [6, 6.07) is 14.7. The Morgan fingerprint density at radius 2 is 1.70 bits per heavy atom. The summed E-state index contributed by atoms with van der Waals surface area (Å²) in [6.07, 6.45) is 0.971. The van der Waals surface area contributed by atoms with Crippen LogP contribution in [0.15, 0.2) is 59.1 Å². The Hall–Kier alpha value is -4.20. The van der Waals surface area contributed by atoms with E-state index in [-0.39, 0.29) is 0 Å². The van der Waals surface area contributed by atoms with E-state index in [1.54, 1.807) is 40.5 Å². The molecule has 1 unspecified atom stereocenters. The van der Waals surface area contributed by atoms with Gasteiger partial charge in [0.1, 0.15) is 17.0 Å². The molecule has 1 atom stereocenters. The largest absolute Gasteiger partial charge is 0.493 e. The lowest BCUT2D eigenvalue weighted by molar-refractivity contribution is -0.123. The SMILES string of the molecule is COc1cc(-c2cc3nccc(-c4cccc(OC(C)C(N)=O)c4)c3o2)cc(OC)c1OC. The van der Waals surface area contributed by atoms with Crippen molar-refractivity contribution in [2.75, 3.05) is 21.3 Å². The molecule has 2 heterocycles. The third-order valence-corrected chi connectivity index (χ3v) is 5.22. The van der Waals surface area contributed by atoms with E-state index in [0.717, 1.165) is 16.7 Å². The molecule has 4 rings (SSSR count). The first-order chi connectivity index (χ1) is 15.9. The molecule has 2 N–H and O–H groups in total. The first-order valence-electron chi connectivity index (χ1n) is 10.2. The number of amides is 1. The molecule has 4 aromatic rings. The van der Waals surface area contributed by atoms with Crippen LogP contribution in [0.3, 0.4) is 0 Å². The third kappa shape index (κ3) is 4.27. The van der Waals surface area contributed by atoms with Crippen LogP contribution in [0.4, 0.5) is 0 Å². The topological polar surface area (TPSA) is 106 Å². The van der Waals surface area contributed by atoms with Crippen LogP contribution in [0.5, 0.6) is 23.0 Å². The first kappa shape index (κ1) is 22.0. The Morgan fingerprint density at radius 3 is 2.33 bits per heavy atom. The maximum atomic E-state index is 11.4. The van der Waals surface area contributed by atoms with E-state index in [1.165, 1.54) is 0 Å². The highest BCUT2D eigenvalue weighted by atomic mass is 16.5. The molecule has 2 aromatic carbocycles. The summed E-state index contributed by atoms with van der Waals surface area (Å²) in [7, 11) is 4.68. The van der Waals surface area contributed by atoms with E-state index in [4.69, 9.17) is 29.1 Å². The predicted molar refractivity (Wildman–Crippen MR) is 124 cm³/mol. The Labute approximate surface area is 190 Å². The monoisotopic (exact) mass is 448 g/mol. The quantitative estimate of drug-likeness (QED) is 0.425. The average Bonchev–Trinajstić information content (AvgIpc) is 3.27. The highest BCUT2D eigenvalue weighted by Crippen LogP contribution is 2.43. The number of pyridine rings is 1. The van der Waals surface area contributed by atoms with Gasteiger partial charge in [-0.1, -0.05) is 12.1 Å². The van der Waals surface area contributed by atoms with E-state index in [9.17, 15) is 4.79 Å². The van der Waals surface area contributed by atoms with Gasteiger partial charge in [-0.2, -0.15) is 0 Å². The second-order valence-electron chi connectivity index (χ2n) is 7.29. The van der Waals surface area contributed by atoms with E-state index >= 15 is 0 Å². The lowest BCUT2D eigenvalue weighted by atomic mass is 10.1. The molecule has 0 saturated heterocycles. The van der Waals surface area contributed by atoms with Crippen LogP contribution in [-0.4, -0.2) is 38.3 Å². The Kier molecular flexibility index (Phi) is 6.08. The number of ether oxygens (including phenoxy) is 4. The number of hydrogen-bond donors (Lipinski definition) is 1. The molecule has 33 heavy (non-hydrogen) atoms. The summed E-state index contributed by atoms with van der Waals surface area (Å²) in [6.45, 7) is 1.61. The first-order valence-corrected chi connectivity index (χ1v) is 10.2. The lowest BCUT2D eigenvalue weighted by Crippen LogP contribution is -2.30. The molecule has 8 heteroatoms. The zero-order valence-electron chi connectivity index (χ0n) is 18.7. The molecule has 0 saturated carbocycles. The molecule has 2 aromatic heterocycles. The number of hydrogen-bond acceptors (Lipinski definition) is 7. The number of nitrogens with zero attached hydrogens (tertiary/aromatic N) is 1. The molecule has 8 nitrogen and oxygen atoms in total. The van der Waals surface area contributed by atoms with Crippen LogP contribution < -0.4 is 24.7 Å². The number of primary amides is 1. The Morgan fingerprint density at radius 1 is 0.970 bits per heavy atom. The van der Waals surface area contributed by atoms with Crippen molar-refractivity contribution in [1.29, 1.82) is 0 Å². The van der Waals surface area contributed by atoms with E-state index in [0.29, 0.717) is 39.9 Å². The fraction of sp³-hybridized carbons (Fsp3) is 0.200. The van der Waals surface area contributed by atoms with Crippen LogP contribution in [0.25, 0.3) is 33.6 Å². The Balaban J connectivity index is 1.78. The molecule has 0 aliphatic heterocycles.